The van der Waals surface area contributed by atoms with Crippen molar-refractivity contribution in [1.29, 1.82) is 0 Å². The molecule has 23 heavy (non-hydrogen) atoms. The Kier molecular flexibility index (Phi) is 3.93. The van der Waals surface area contributed by atoms with Crippen LogP contribution in [0.1, 0.15) is 27.4 Å². The van der Waals surface area contributed by atoms with Gasteiger partial charge in [0.25, 0.3) is 0 Å². The second-order valence-electron chi connectivity index (χ2n) is 5.47. The lowest BCUT2D eigenvalue weighted by Crippen LogP contribution is -2.05. The van der Waals surface area contributed by atoms with E-state index >= 15 is 0 Å². The summed E-state index contributed by atoms with van der Waals surface area (Å²) in [7, 11) is 0. The molecule has 116 valence electrons. The number of aromatic nitrogens is 3. The van der Waals surface area contributed by atoms with Gasteiger partial charge in [-0.1, -0.05) is 24.3 Å². The molecule has 0 aliphatic heterocycles. The number of nitrogens with zero attached hydrogens (tertiary/aromatic N) is 3. The van der Waals surface area contributed by atoms with E-state index in [-0.39, 0.29) is 5.56 Å². The molecule has 0 fully saturated rings. The molecule has 0 radical (unpaired) electrons. The first-order valence-electron chi connectivity index (χ1n) is 7.33. The molecule has 0 bridgehead atoms. The number of carbonyl (C=O) groups is 1. The molecule has 0 saturated carbocycles. The highest BCUT2D eigenvalue weighted by Crippen LogP contribution is 2.23. The number of carboxylic acid groups (broad SMARTS) is 1. The number of aromatic carboxylic acids is 1. The van der Waals surface area contributed by atoms with Crippen LogP contribution in [0.25, 0.3) is 11.1 Å². The molecule has 3 aromatic rings. The summed E-state index contributed by atoms with van der Waals surface area (Å²) in [5, 5.41) is 13.7. The lowest BCUT2D eigenvalue weighted by molar-refractivity contribution is 0.0697. The molecule has 0 aliphatic rings. The Labute approximate surface area is 134 Å². The van der Waals surface area contributed by atoms with E-state index in [0.29, 0.717) is 12.1 Å². The zero-order chi connectivity index (χ0) is 16.4. The maximum Gasteiger partial charge on any atom is 0.336 e. The lowest BCUT2D eigenvalue weighted by Gasteiger charge is -2.08. The highest BCUT2D eigenvalue weighted by Gasteiger charge is 2.11. The van der Waals surface area contributed by atoms with Gasteiger partial charge in [0.2, 0.25) is 0 Å². The van der Waals surface area contributed by atoms with E-state index in [1.807, 2.05) is 42.8 Å². The van der Waals surface area contributed by atoms with Gasteiger partial charge in [-0.25, -0.2) is 4.79 Å². The minimum atomic E-state index is -0.938. The molecule has 2 heterocycles. The van der Waals surface area contributed by atoms with Crippen molar-refractivity contribution in [3.05, 3.63) is 71.3 Å². The fourth-order valence-electron chi connectivity index (χ4n) is 2.59. The Hall–Kier alpha value is -2.95. The number of carboxylic acids is 1. The third-order valence-corrected chi connectivity index (χ3v) is 3.71. The average molecular weight is 307 g/mol. The fourth-order valence-corrected chi connectivity index (χ4v) is 2.59. The quantitative estimate of drug-likeness (QED) is 0.803. The molecule has 0 atom stereocenters. The molecular formula is C18H17N3O2. The minimum Gasteiger partial charge on any atom is -0.478 e. The van der Waals surface area contributed by atoms with E-state index < -0.39 is 5.97 Å². The van der Waals surface area contributed by atoms with Gasteiger partial charge in [-0.2, -0.15) is 5.10 Å². The van der Waals surface area contributed by atoms with Crippen molar-refractivity contribution in [3.8, 4) is 11.1 Å². The van der Waals surface area contributed by atoms with Gasteiger partial charge < -0.3 is 5.11 Å². The zero-order valence-electron chi connectivity index (χ0n) is 13.0. The Morgan fingerprint density at radius 2 is 1.96 bits per heavy atom. The Balaban J connectivity index is 1.88. The number of rotatable bonds is 4. The molecule has 1 aromatic carbocycles. The van der Waals surface area contributed by atoms with Crippen molar-refractivity contribution < 1.29 is 9.90 Å². The van der Waals surface area contributed by atoms with Gasteiger partial charge in [-0.05, 0) is 37.6 Å². The van der Waals surface area contributed by atoms with Gasteiger partial charge in [0, 0.05) is 17.5 Å². The summed E-state index contributed by atoms with van der Waals surface area (Å²) in [6.45, 7) is 4.57. The number of benzene rings is 1. The standard InChI is InChI=1S/C18H17N3O2/c1-12-9-13(2)21(20-12)11-15-8-7-14(10-19-15)16-5-3-4-6-17(16)18(22)23/h3-10H,11H2,1-2H3,(H,22,23). The van der Waals surface area contributed by atoms with Crippen molar-refractivity contribution in [1.82, 2.24) is 14.8 Å². The largest absolute Gasteiger partial charge is 0.478 e. The second-order valence-corrected chi connectivity index (χ2v) is 5.47. The highest BCUT2D eigenvalue weighted by atomic mass is 16.4. The van der Waals surface area contributed by atoms with Crippen LogP contribution in [-0.4, -0.2) is 25.8 Å². The molecule has 2 aromatic heterocycles. The Bertz CT molecular complexity index is 851. The van der Waals surface area contributed by atoms with Gasteiger partial charge in [0.1, 0.15) is 0 Å². The zero-order valence-corrected chi connectivity index (χ0v) is 13.0. The van der Waals surface area contributed by atoms with Crippen LogP contribution in [0.4, 0.5) is 0 Å². The van der Waals surface area contributed by atoms with Crippen molar-refractivity contribution in [2.24, 2.45) is 0 Å². The van der Waals surface area contributed by atoms with Gasteiger partial charge in [-0.3, -0.25) is 9.67 Å². The molecule has 5 nitrogen and oxygen atoms in total. The predicted octanol–water partition coefficient (Wildman–Crippen LogP) is 3.31. The first-order chi connectivity index (χ1) is 11.0. The fraction of sp³-hybridized carbons (Fsp3) is 0.167. The van der Waals surface area contributed by atoms with Crippen molar-refractivity contribution in [2.45, 2.75) is 20.4 Å². The molecular weight excluding hydrogens is 290 g/mol. The summed E-state index contributed by atoms with van der Waals surface area (Å²) >= 11 is 0. The van der Waals surface area contributed by atoms with Gasteiger partial charge in [-0.15, -0.1) is 0 Å². The SMILES string of the molecule is Cc1cc(C)n(Cc2ccc(-c3ccccc3C(=O)O)cn2)n1. The number of hydrogen-bond acceptors (Lipinski definition) is 3. The van der Waals surface area contributed by atoms with Crippen LogP contribution >= 0.6 is 0 Å². The van der Waals surface area contributed by atoms with Crippen molar-refractivity contribution in [3.63, 3.8) is 0 Å². The molecule has 1 N–H and O–H groups in total. The Morgan fingerprint density at radius 1 is 1.17 bits per heavy atom. The van der Waals surface area contributed by atoms with Crippen molar-refractivity contribution in [2.75, 3.05) is 0 Å². The van der Waals surface area contributed by atoms with Crippen LogP contribution in [0.15, 0.2) is 48.7 Å². The van der Waals surface area contributed by atoms with E-state index in [9.17, 15) is 9.90 Å². The van der Waals surface area contributed by atoms with E-state index in [1.165, 1.54) is 0 Å². The van der Waals surface area contributed by atoms with E-state index in [2.05, 4.69) is 10.1 Å². The van der Waals surface area contributed by atoms with Crippen LogP contribution in [0.3, 0.4) is 0 Å². The normalized spacial score (nSPS) is 10.7. The molecule has 5 heteroatoms. The maximum atomic E-state index is 11.3. The second kappa shape index (κ2) is 6.04. The third-order valence-electron chi connectivity index (χ3n) is 3.71. The summed E-state index contributed by atoms with van der Waals surface area (Å²) in [5.74, 6) is -0.938. The summed E-state index contributed by atoms with van der Waals surface area (Å²) < 4.78 is 1.91. The third kappa shape index (κ3) is 3.13. The molecule has 0 unspecified atom stereocenters. The van der Waals surface area contributed by atoms with Crippen LogP contribution < -0.4 is 0 Å². The maximum absolute atomic E-state index is 11.3. The van der Waals surface area contributed by atoms with Gasteiger partial charge in [0.15, 0.2) is 0 Å². The topological polar surface area (TPSA) is 68.0 Å². The summed E-state index contributed by atoms with van der Waals surface area (Å²) in [6.07, 6.45) is 1.71. The number of pyridine rings is 1. The van der Waals surface area contributed by atoms with E-state index in [0.717, 1.165) is 22.6 Å². The minimum absolute atomic E-state index is 0.278. The smallest absolute Gasteiger partial charge is 0.336 e. The molecule has 0 saturated heterocycles. The molecule has 3 rings (SSSR count). The Morgan fingerprint density at radius 3 is 2.57 bits per heavy atom. The lowest BCUT2D eigenvalue weighted by atomic mass is 10.0. The van der Waals surface area contributed by atoms with Gasteiger partial charge in [0.05, 0.1) is 23.5 Å². The van der Waals surface area contributed by atoms with Crippen LogP contribution in [0.2, 0.25) is 0 Å². The van der Waals surface area contributed by atoms with Crippen molar-refractivity contribution >= 4 is 5.97 Å². The number of hydrogen-bond donors (Lipinski definition) is 1. The first kappa shape index (κ1) is 15.0. The van der Waals surface area contributed by atoms with Crippen LogP contribution in [0.5, 0.6) is 0 Å². The number of aryl methyl sites for hydroxylation is 2. The van der Waals surface area contributed by atoms with Gasteiger partial charge >= 0.3 is 5.97 Å². The van der Waals surface area contributed by atoms with E-state index in [1.54, 1.807) is 24.4 Å². The van der Waals surface area contributed by atoms with E-state index in [4.69, 9.17) is 0 Å². The first-order valence-corrected chi connectivity index (χ1v) is 7.33. The van der Waals surface area contributed by atoms with Crippen LogP contribution in [-0.2, 0) is 6.54 Å². The summed E-state index contributed by atoms with van der Waals surface area (Å²) in [5.41, 5.74) is 4.69. The predicted molar refractivity (Wildman–Crippen MR) is 87.4 cm³/mol. The highest BCUT2D eigenvalue weighted by molar-refractivity contribution is 5.95. The molecule has 0 spiro atoms. The summed E-state index contributed by atoms with van der Waals surface area (Å²) in [4.78, 5) is 15.8. The average Bonchev–Trinajstić information content (AvgIpc) is 2.85. The van der Waals surface area contributed by atoms with Crippen LogP contribution in [0, 0.1) is 13.8 Å². The monoisotopic (exact) mass is 307 g/mol. The molecule has 0 amide bonds. The summed E-state index contributed by atoms with van der Waals surface area (Å²) in [6, 6.07) is 12.8. The molecule has 0 aliphatic carbocycles.